The number of aliphatic hydroxyl groups is 1. The molecule has 1 N–H and O–H groups in total. The molecule has 1 unspecified atom stereocenters. The molecule has 0 saturated carbocycles. The van der Waals surface area contributed by atoms with Crippen LogP contribution in [0.1, 0.15) is 26.7 Å². The van der Waals surface area contributed by atoms with Crippen molar-refractivity contribution in [1.29, 1.82) is 0 Å². The van der Waals surface area contributed by atoms with Crippen molar-refractivity contribution in [2.45, 2.75) is 33.0 Å². The fraction of sp³-hybridized carbons (Fsp3) is 0.462. The van der Waals surface area contributed by atoms with Gasteiger partial charge in [0.15, 0.2) is 0 Å². The van der Waals surface area contributed by atoms with Gasteiger partial charge in [-0.3, -0.25) is 4.90 Å². The zero-order chi connectivity index (χ0) is 12.7. The summed E-state index contributed by atoms with van der Waals surface area (Å²) in [6, 6.07) is 9.25. The Balaban J connectivity index is 2.65. The third kappa shape index (κ3) is 4.07. The van der Waals surface area contributed by atoms with E-state index in [0.29, 0.717) is 13.0 Å². The van der Waals surface area contributed by atoms with E-state index < -0.39 is 12.4 Å². The zero-order valence-corrected chi connectivity index (χ0v) is 10.3. The summed E-state index contributed by atoms with van der Waals surface area (Å²) >= 11 is 0. The minimum atomic E-state index is -1.02. The Hall–Kier alpha value is -1.55. The number of hydrogen-bond donors (Lipinski definition) is 1. The molecular weight excluding hydrogens is 218 g/mol. The van der Waals surface area contributed by atoms with Crippen molar-refractivity contribution < 1.29 is 14.6 Å². The van der Waals surface area contributed by atoms with Gasteiger partial charge in [0, 0.05) is 18.7 Å². The van der Waals surface area contributed by atoms with Crippen LogP contribution in [0.2, 0.25) is 0 Å². The molecule has 0 fully saturated rings. The maximum atomic E-state index is 11.8. The number of amides is 1. The Morgan fingerprint density at radius 2 is 2.00 bits per heavy atom. The Morgan fingerprint density at radius 1 is 1.35 bits per heavy atom. The lowest BCUT2D eigenvalue weighted by Crippen LogP contribution is -2.34. The average Bonchev–Trinajstić information content (AvgIpc) is 2.31. The minimum Gasteiger partial charge on any atom is -0.419 e. The normalized spacial score (nSPS) is 11.9. The SMILES string of the molecule is CCCC(O)OC(=O)N(CC)c1ccccc1. The molecule has 0 aromatic heterocycles. The van der Waals surface area contributed by atoms with Crippen LogP contribution in [0.3, 0.4) is 0 Å². The van der Waals surface area contributed by atoms with Gasteiger partial charge in [-0.05, 0) is 19.1 Å². The van der Waals surface area contributed by atoms with Gasteiger partial charge >= 0.3 is 6.09 Å². The van der Waals surface area contributed by atoms with E-state index in [9.17, 15) is 9.90 Å². The number of carbonyl (C=O) groups excluding carboxylic acids is 1. The molecule has 0 aliphatic carbocycles. The number of carbonyl (C=O) groups is 1. The summed E-state index contributed by atoms with van der Waals surface area (Å²) in [5, 5.41) is 9.44. The Kier molecular flexibility index (Phi) is 5.49. The summed E-state index contributed by atoms with van der Waals surface area (Å²) in [7, 11) is 0. The summed E-state index contributed by atoms with van der Waals surface area (Å²) < 4.78 is 4.94. The highest BCUT2D eigenvalue weighted by Gasteiger charge is 2.18. The van der Waals surface area contributed by atoms with Crippen molar-refractivity contribution in [3.8, 4) is 0 Å². The topological polar surface area (TPSA) is 49.8 Å². The highest BCUT2D eigenvalue weighted by molar-refractivity contribution is 5.87. The minimum absolute atomic E-state index is 0.456. The first-order valence-electron chi connectivity index (χ1n) is 5.90. The van der Waals surface area contributed by atoms with Gasteiger partial charge in [-0.1, -0.05) is 31.5 Å². The molecule has 0 saturated heterocycles. The van der Waals surface area contributed by atoms with E-state index in [1.165, 1.54) is 4.90 Å². The van der Waals surface area contributed by atoms with E-state index in [0.717, 1.165) is 12.1 Å². The van der Waals surface area contributed by atoms with Crippen molar-refractivity contribution in [3.63, 3.8) is 0 Å². The van der Waals surface area contributed by atoms with Crippen molar-refractivity contribution in [1.82, 2.24) is 0 Å². The molecule has 1 amide bonds. The molecule has 0 heterocycles. The molecule has 4 heteroatoms. The second kappa shape index (κ2) is 6.91. The predicted octanol–water partition coefficient (Wildman–Crippen LogP) is 2.77. The quantitative estimate of drug-likeness (QED) is 0.801. The lowest BCUT2D eigenvalue weighted by molar-refractivity contribution is -0.0539. The Labute approximate surface area is 102 Å². The fourth-order valence-electron chi connectivity index (χ4n) is 1.51. The summed E-state index contributed by atoms with van der Waals surface area (Å²) in [5.74, 6) is 0. The van der Waals surface area contributed by atoms with E-state index in [-0.39, 0.29) is 0 Å². The molecule has 1 aromatic carbocycles. The molecule has 94 valence electrons. The van der Waals surface area contributed by atoms with Crippen molar-refractivity contribution >= 4 is 11.8 Å². The van der Waals surface area contributed by atoms with Crippen molar-refractivity contribution in [2.75, 3.05) is 11.4 Å². The standard InChI is InChI=1S/C13H19NO3/c1-3-8-12(15)17-13(16)14(4-2)11-9-6-5-7-10-11/h5-7,9-10,12,15H,3-4,8H2,1-2H3. The van der Waals surface area contributed by atoms with Gasteiger partial charge < -0.3 is 9.84 Å². The molecule has 0 spiro atoms. The van der Waals surface area contributed by atoms with Crippen LogP contribution in [0.4, 0.5) is 10.5 Å². The number of nitrogens with zero attached hydrogens (tertiary/aromatic N) is 1. The number of benzene rings is 1. The third-order valence-electron chi connectivity index (χ3n) is 2.38. The predicted molar refractivity (Wildman–Crippen MR) is 66.9 cm³/mol. The number of anilines is 1. The number of aliphatic hydroxyl groups excluding tert-OH is 1. The van der Waals surface area contributed by atoms with Crippen molar-refractivity contribution in [3.05, 3.63) is 30.3 Å². The van der Waals surface area contributed by atoms with Gasteiger partial charge in [-0.25, -0.2) is 4.79 Å². The van der Waals surface area contributed by atoms with Gasteiger partial charge in [0.05, 0.1) is 0 Å². The van der Waals surface area contributed by atoms with Gasteiger partial charge in [-0.15, -0.1) is 0 Å². The van der Waals surface area contributed by atoms with Gasteiger partial charge in [0.1, 0.15) is 0 Å². The number of rotatable bonds is 5. The van der Waals surface area contributed by atoms with Crippen LogP contribution < -0.4 is 4.90 Å². The second-order valence-electron chi connectivity index (χ2n) is 3.71. The van der Waals surface area contributed by atoms with Crippen LogP contribution in [-0.4, -0.2) is 24.0 Å². The molecule has 17 heavy (non-hydrogen) atoms. The summed E-state index contributed by atoms with van der Waals surface area (Å²) in [4.78, 5) is 13.3. The molecule has 0 bridgehead atoms. The Bertz CT molecular complexity index is 340. The van der Waals surface area contributed by atoms with Gasteiger partial charge in [0.25, 0.3) is 0 Å². The molecule has 0 aliphatic heterocycles. The highest BCUT2D eigenvalue weighted by Crippen LogP contribution is 2.15. The molecular formula is C13H19NO3. The number of ether oxygens (including phenoxy) is 1. The summed E-state index contributed by atoms with van der Waals surface area (Å²) in [6.07, 6.45) is -0.311. The summed E-state index contributed by atoms with van der Waals surface area (Å²) in [6.45, 7) is 4.29. The molecule has 4 nitrogen and oxygen atoms in total. The van der Waals surface area contributed by atoms with Crippen LogP contribution in [-0.2, 0) is 4.74 Å². The monoisotopic (exact) mass is 237 g/mol. The van der Waals surface area contributed by atoms with E-state index in [1.807, 2.05) is 44.2 Å². The number of para-hydroxylation sites is 1. The molecule has 1 aromatic rings. The smallest absolute Gasteiger partial charge is 0.416 e. The maximum absolute atomic E-state index is 11.8. The molecule has 0 radical (unpaired) electrons. The van der Waals surface area contributed by atoms with Crippen LogP contribution in [0.15, 0.2) is 30.3 Å². The largest absolute Gasteiger partial charge is 0.419 e. The van der Waals surface area contributed by atoms with Gasteiger partial charge in [-0.2, -0.15) is 0 Å². The molecule has 1 rings (SSSR count). The van der Waals surface area contributed by atoms with E-state index >= 15 is 0 Å². The molecule has 0 aliphatic rings. The van der Waals surface area contributed by atoms with E-state index in [4.69, 9.17) is 4.74 Å². The van der Waals surface area contributed by atoms with Gasteiger partial charge in [0.2, 0.25) is 6.29 Å². The van der Waals surface area contributed by atoms with Crippen LogP contribution >= 0.6 is 0 Å². The second-order valence-corrected chi connectivity index (χ2v) is 3.71. The fourth-order valence-corrected chi connectivity index (χ4v) is 1.51. The van der Waals surface area contributed by atoms with Crippen LogP contribution in [0.25, 0.3) is 0 Å². The number of hydrogen-bond acceptors (Lipinski definition) is 3. The van der Waals surface area contributed by atoms with E-state index in [2.05, 4.69) is 0 Å². The summed E-state index contributed by atoms with van der Waals surface area (Å²) in [5.41, 5.74) is 0.767. The maximum Gasteiger partial charge on any atom is 0.416 e. The van der Waals surface area contributed by atoms with Crippen molar-refractivity contribution in [2.24, 2.45) is 0 Å². The molecule has 1 atom stereocenters. The first kappa shape index (κ1) is 13.5. The zero-order valence-electron chi connectivity index (χ0n) is 10.3. The Morgan fingerprint density at radius 3 is 2.53 bits per heavy atom. The lowest BCUT2D eigenvalue weighted by Gasteiger charge is -2.22. The first-order valence-corrected chi connectivity index (χ1v) is 5.90. The van der Waals surface area contributed by atoms with Crippen LogP contribution in [0, 0.1) is 0 Å². The average molecular weight is 237 g/mol. The van der Waals surface area contributed by atoms with E-state index in [1.54, 1.807) is 0 Å². The first-order chi connectivity index (χ1) is 8.19. The van der Waals surface area contributed by atoms with Crippen LogP contribution in [0.5, 0.6) is 0 Å². The third-order valence-corrected chi connectivity index (χ3v) is 2.38. The lowest BCUT2D eigenvalue weighted by atomic mass is 10.3. The highest BCUT2D eigenvalue weighted by atomic mass is 16.6.